The third-order valence-electron chi connectivity index (χ3n) is 14.6. The van der Waals surface area contributed by atoms with Gasteiger partial charge in [0, 0.05) is 6.42 Å². The maximum atomic E-state index is 13.1. The number of aliphatic hydroxyl groups is 5. The summed E-state index contributed by atoms with van der Waals surface area (Å²) in [5, 5.41) is 54.6. The molecule has 1 heterocycles. The molecule has 1 rings (SSSR count). The highest BCUT2D eigenvalue weighted by Gasteiger charge is 2.44. The summed E-state index contributed by atoms with van der Waals surface area (Å²) >= 11 is 0. The molecule has 0 saturated carbocycles. The van der Waals surface area contributed by atoms with Crippen LogP contribution in [0, 0.1) is 0 Å². The van der Waals surface area contributed by atoms with Crippen LogP contribution < -0.4 is 5.32 Å². The molecule has 1 fully saturated rings. The molecule has 9 heteroatoms. The Morgan fingerprint density at radius 3 is 1.15 bits per heavy atom. The van der Waals surface area contributed by atoms with E-state index in [4.69, 9.17) is 9.47 Å². The standard InChI is InChI=1S/C59H115NO8/c1-3-5-7-9-11-13-15-17-19-21-23-25-27-29-31-33-35-37-39-41-43-45-47-49-55(63)60-52(51-67-59-58(66)57(65)56(64)54(50-61)68-59)53(62)48-46-44-42-40-38-36-34-32-30-28-26-24-22-20-18-16-14-12-10-8-6-4-2/h46,48,52-54,56-59,61-62,64-66H,3-45,47,49-51H2,1-2H3,(H,60,63)/b48-46+. The second-order valence-electron chi connectivity index (χ2n) is 21.2. The van der Waals surface area contributed by atoms with Crippen LogP contribution in [0.4, 0.5) is 0 Å². The van der Waals surface area contributed by atoms with Crippen molar-refractivity contribution in [3.63, 3.8) is 0 Å². The zero-order valence-electron chi connectivity index (χ0n) is 44.9. The molecule has 1 amide bonds. The maximum absolute atomic E-state index is 13.1. The number of allylic oxidation sites excluding steroid dienone is 1. The van der Waals surface area contributed by atoms with Crippen molar-refractivity contribution in [2.75, 3.05) is 13.2 Å². The number of unbranched alkanes of at least 4 members (excludes halogenated alkanes) is 42. The van der Waals surface area contributed by atoms with Crippen molar-refractivity contribution in [3.8, 4) is 0 Å². The van der Waals surface area contributed by atoms with Crippen molar-refractivity contribution in [3.05, 3.63) is 12.2 Å². The van der Waals surface area contributed by atoms with E-state index in [1.807, 2.05) is 6.08 Å². The number of carbonyl (C=O) groups excluding carboxylic acids is 1. The molecule has 1 aliphatic rings. The first-order valence-electron chi connectivity index (χ1n) is 29.9. The van der Waals surface area contributed by atoms with Crippen LogP contribution in [-0.4, -0.2) is 87.5 Å². The van der Waals surface area contributed by atoms with Crippen molar-refractivity contribution < 1.29 is 39.8 Å². The van der Waals surface area contributed by atoms with Gasteiger partial charge in [-0.15, -0.1) is 0 Å². The van der Waals surface area contributed by atoms with Crippen molar-refractivity contribution in [2.45, 2.75) is 346 Å². The highest BCUT2D eigenvalue weighted by atomic mass is 16.7. The lowest BCUT2D eigenvalue weighted by Crippen LogP contribution is -2.60. The third-order valence-corrected chi connectivity index (χ3v) is 14.6. The molecule has 0 aromatic rings. The van der Waals surface area contributed by atoms with Gasteiger partial charge in [-0.1, -0.05) is 289 Å². The molecule has 0 bridgehead atoms. The Balaban J connectivity index is 2.20. The van der Waals surface area contributed by atoms with Gasteiger partial charge in [0.25, 0.3) is 0 Å². The van der Waals surface area contributed by atoms with E-state index in [-0.39, 0.29) is 12.5 Å². The zero-order chi connectivity index (χ0) is 49.4. The number of amides is 1. The minimum Gasteiger partial charge on any atom is -0.394 e. The number of aliphatic hydroxyl groups excluding tert-OH is 5. The SMILES string of the molecule is CCCCCCCCCCCCCCCCCCCCCC/C=C/C(O)C(COC1OC(CO)C(O)C(O)C1O)NC(=O)CCCCCCCCCCCCCCCCCCCCCCCCC. The van der Waals surface area contributed by atoms with Gasteiger partial charge in [0.2, 0.25) is 5.91 Å². The highest BCUT2D eigenvalue weighted by molar-refractivity contribution is 5.76. The molecular weight excluding hydrogens is 851 g/mol. The summed E-state index contributed by atoms with van der Waals surface area (Å²) in [5.74, 6) is -0.169. The first-order chi connectivity index (χ1) is 33.3. The van der Waals surface area contributed by atoms with Crippen LogP contribution in [0.2, 0.25) is 0 Å². The third kappa shape index (κ3) is 38.6. The summed E-state index contributed by atoms with van der Waals surface area (Å²) in [5.41, 5.74) is 0. The Bertz CT molecular complexity index is 1080. The van der Waals surface area contributed by atoms with E-state index in [2.05, 4.69) is 19.2 Å². The molecule has 0 spiro atoms. The molecule has 9 nitrogen and oxygen atoms in total. The smallest absolute Gasteiger partial charge is 0.220 e. The van der Waals surface area contributed by atoms with Gasteiger partial charge in [-0.2, -0.15) is 0 Å². The lowest BCUT2D eigenvalue weighted by atomic mass is 9.99. The lowest BCUT2D eigenvalue weighted by molar-refractivity contribution is -0.302. The normalized spacial score (nSPS) is 19.5. The number of ether oxygens (including phenoxy) is 2. The van der Waals surface area contributed by atoms with Gasteiger partial charge in [0.1, 0.15) is 24.4 Å². The van der Waals surface area contributed by atoms with E-state index in [9.17, 15) is 30.3 Å². The molecule has 7 atom stereocenters. The van der Waals surface area contributed by atoms with Gasteiger partial charge in [0.05, 0.1) is 25.4 Å². The summed E-state index contributed by atoms with van der Waals surface area (Å²) in [6.07, 6.45) is 54.2. The number of rotatable bonds is 52. The van der Waals surface area contributed by atoms with Crippen molar-refractivity contribution in [1.82, 2.24) is 5.32 Å². The fraction of sp³-hybridized carbons (Fsp3) is 0.949. The molecule has 404 valence electrons. The van der Waals surface area contributed by atoms with Crippen LogP contribution >= 0.6 is 0 Å². The molecule has 0 aromatic carbocycles. The average molecular weight is 967 g/mol. The number of hydrogen-bond donors (Lipinski definition) is 6. The molecule has 68 heavy (non-hydrogen) atoms. The molecular formula is C59H115NO8. The van der Waals surface area contributed by atoms with E-state index in [0.29, 0.717) is 6.42 Å². The van der Waals surface area contributed by atoms with Crippen LogP contribution in [0.25, 0.3) is 0 Å². The molecule has 1 saturated heterocycles. The fourth-order valence-corrected chi connectivity index (χ4v) is 9.87. The summed E-state index contributed by atoms with van der Waals surface area (Å²) < 4.78 is 11.3. The van der Waals surface area contributed by atoms with E-state index < -0.39 is 49.5 Å². The van der Waals surface area contributed by atoms with Gasteiger partial charge in [-0.25, -0.2) is 0 Å². The van der Waals surface area contributed by atoms with E-state index in [1.54, 1.807) is 6.08 Å². The summed E-state index contributed by atoms with van der Waals surface area (Å²) in [6.45, 7) is 3.83. The summed E-state index contributed by atoms with van der Waals surface area (Å²) in [7, 11) is 0. The van der Waals surface area contributed by atoms with Gasteiger partial charge in [0.15, 0.2) is 6.29 Å². The second-order valence-corrected chi connectivity index (χ2v) is 21.2. The summed E-state index contributed by atoms with van der Waals surface area (Å²) in [4.78, 5) is 13.1. The van der Waals surface area contributed by atoms with Crippen LogP contribution in [-0.2, 0) is 14.3 Å². The second kappa shape index (κ2) is 49.5. The number of nitrogens with one attached hydrogen (secondary N) is 1. The van der Waals surface area contributed by atoms with E-state index >= 15 is 0 Å². The van der Waals surface area contributed by atoms with Crippen LogP contribution in [0.15, 0.2) is 12.2 Å². The molecule has 1 aliphatic heterocycles. The Kier molecular flexibility index (Phi) is 47.3. The number of carbonyl (C=O) groups is 1. The maximum Gasteiger partial charge on any atom is 0.220 e. The monoisotopic (exact) mass is 966 g/mol. The molecule has 7 unspecified atom stereocenters. The average Bonchev–Trinajstić information content (AvgIpc) is 3.34. The summed E-state index contributed by atoms with van der Waals surface area (Å²) in [6, 6.07) is -0.800. The van der Waals surface area contributed by atoms with E-state index in [0.717, 1.165) is 38.5 Å². The quantitative estimate of drug-likeness (QED) is 0.0261. The Hall–Kier alpha value is -1.07. The largest absolute Gasteiger partial charge is 0.394 e. The van der Waals surface area contributed by atoms with Crippen molar-refractivity contribution in [2.24, 2.45) is 0 Å². The zero-order valence-corrected chi connectivity index (χ0v) is 44.9. The van der Waals surface area contributed by atoms with Gasteiger partial charge >= 0.3 is 0 Å². The van der Waals surface area contributed by atoms with Crippen molar-refractivity contribution >= 4 is 5.91 Å². The lowest BCUT2D eigenvalue weighted by Gasteiger charge is -2.40. The van der Waals surface area contributed by atoms with Crippen LogP contribution in [0.3, 0.4) is 0 Å². The first kappa shape index (κ1) is 64.9. The first-order valence-corrected chi connectivity index (χ1v) is 29.9. The highest BCUT2D eigenvalue weighted by Crippen LogP contribution is 2.23. The molecule has 0 radical (unpaired) electrons. The Labute approximate surface area is 420 Å². The van der Waals surface area contributed by atoms with E-state index in [1.165, 1.54) is 244 Å². The van der Waals surface area contributed by atoms with Crippen LogP contribution in [0.1, 0.15) is 303 Å². The molecule has 0 aromatic heterocycles. The minimum atomic E-state index is -1.56. The number of hydrogen-bond acceptors (Lipinski definition) is 8. The predicted octanol–water partition coefficient (Wildman–Crippen LogP) is 14.8. The van der Waals surface area contributed by atoms with Crippen LogP contribution in [0.5, 0.6) is 0 Å². The minimum absolute atomic E-state index is 0.169. The van der Waals surface area contributed by atoms with Gasteiger partial charge < -0.3 is 40.3 Å². The predicted molar refractivity (Wildman–Crippen MR) is 286 cm³/mol. The van der Waals surface area contributed by atoms with Crippen molar-refractivity contribution in [1.29, 1.82) is 0 Å². The molecule has 6 N–H and O–H groups in total. The Morgan fingerprint density at radius 1 is 0.485 bits per heavy atom. The Morgan fingerprint density at radius 2 is 0.809 bits per heavy atom. The topological polar surface area (TPSA) is 149 Å². The van der Waals surface area contributed by atoms with Gasteiger partial charge in [-0.05, 0) is 19.3 Å². The van der Waals surface area contributed by atoms with Gasteiger partial charge in [-0.3, -0.25) is 4.79 Å². The fourth-order valence-electron chi connectivity index (χ4n) is 9.87. The molecule has 0 aliphatic carbocycles.